The minimum absolute atomic E-state index is 0.369. The summed E-state index contributed by atoms with van der Waals surface area (Å²) in [7, 11) is 0. The quantitative estimate of drug-likeness (QED) is 0.791. The second-order valence-electron chi connectivity index (χ2n) is 4.97. The number of carbonyl (C=O) groups excluding carboxylic acids is 1. The molecule has 0 aliphatic carbocycles. The molecule has 0 saturated carbocycles. The topological polar surface area (TPSA) is 40.5 Å². The highest BCUT2D eigenvalue weighted by atomic mass is 19.4. The number of hydrogen-bond acceptors (Lipinski definition) is 2. The lowest BCUT2D eigenvalue weighted by atomic mass is 9.82. The largest absolute Gasteiger partial charge is 0.409 e. The van der Waals surface area contributed by atoms with Crippen molar-refractivity contribution in [1.82, 2.24) is 4.90 Å². The second-order valence-corrected chi connectivity index (χ2v) is 4.97. The molecule has 0 spiro atoms. The van der Waals surface area contributed by atoms with Crippen LogP contribution in [0.4, 0.5) is 26.3 Å². The SMILES string of the molecule is CC(C)C1(O)CN(C(=O)C(C(F)(F)F)C(F)(F)F)C1. The van der Waals surface area contributed by atoms with Crippen LogP contribution in [0.25, 0.3) is 0 Å². The molecule has 112 valence electrons. The van der Waals surface area contributed by atoms with Crippen LogP contribution in [0, 0.1) is 11.8 Å². The molecule has 0 aromatic rings. The van der Waals surface area contributed by atoms with Gasteiger partial charge in [-0.05, 0) is 5.92 Å². The minimum atomic E-state index is -5.69. The zero-order valence-electron chi connectivity index (χ0n) is 10.1. The summed E-state index contributed by atoms with van der Waals surface area (Å²) in [5.74, 6) is -6.46. The average Bonchev–Trinajstić information content (AvgIpc) is 2.06. The van der Waals surface area contributed by atoms with Gasteiger partial charge in [0.25, 0.3) is 0 Å². The Kier molecular flexibility index (Phi) is 3.83. The summed E-state index contributed by atoms with van der Waals surface area (Å²) >= 11 is 0. The third-order valence-electron chi connectivity index (χ3n) is 3.22. The van der Waals surface area contributed by atoms with E-state index in [-0.39, 0.29) is 5.92 Å². The molecule has 0 unspecified atom stereocenters. The van der Waals surface area contributed by atoms with Crippen molar-refractivity contribution in [3.8, 4) is 0 Å². The first-order valence-electron chi connectivity index (χ1n) is 5.43. The molecule has 0 radical (unpaired) electrons. The van der Waals surface area contributed by atoms with E-state index < -0.39 is 42.9 Å². The number of nitrogens with zero attached hydrogens (tertiary/aromatic N) is 1. The lowest BCUT2D eigenvalue weighted by Gasteiger charge is -2.50. The number of carbonyl (C=O) groups is 1. The molecule has 3 nitrogen and oxygen atoms in total. The lowest BCUT2D eigenvalue weighted by molar-refractivity contribution is -0.281. The normalized spacial score (nSPS) is 19.8. The van der Waals surface area contributed by atoms with Crippen molar-refractivity contribution in [3.05, 3.63) is 0 Å². The third-order valence-corrected chi connectivity index (χ3v) is 3.22. The molecule has 1 fully saturated rings. The fourth-order valence-corrected chi connectivity index (χ4v) is 1.78. The summed E-state index contributed by atoms with van der Waals surface area (Å²) in [6.07, 6.45) is -11.4. The number of hydrogen-bond donors (Lipinski definition) is 1. The van der Waals surface area contributed by atoms with Crippen molar-refractivity contribution < 1.29 is 36.2 Å². The Hall–Kier alpha value is -0.990. The molecule has 0 atom stereocenters. The molecule has 0 aromatic carbocycles. The smallest absolute Gasteiger partial charge is 0.386 e. The van der Waals surface area contributed by atoms with Crippen molar-refractivity contribution in [3.63, 3.8) is 0 Å². The predicted octanol–water partition coefficient (Wildman–Crippen LogP) is 1.96. The fourth-order valence-electron chi connectivity index (χ4n) is 1.78. The van der Waals surface area contributed by atoms with Crippen LogP contribution in [0.5, 0.6) is 0 Å². The molecule has 1 aliphatic heterocycles. The number of halogens is 6. The number of amides is 1. The summed E-state index contributed by atoms with van der Waals surface area (Å²) in [4.78, 5) is 11.7. The van der Waals surface area contributed by atoms with Crippen LogP contribution >= 0.6 is 0 Å². The molecule has 1 aliphatic rings. The minimum Gasteiger partial charge on any atom is -0.386 e. The molecule has 1 heterocycles. The molecule has 1 saturated heterocycles. The third kappa shape index (κ3) is 3.13. The number of rotatable bonds is 2. The molecular weight excluding hydrogens is 280 g/mol. The van der Waals surface area contributed by atoms with Crippen LogP contribution < -0.4 is 0 Å². The van der Waals surface area contributed by atoms with E-state index in [1.54, 1.807) is 13.8 Å². The first kappa shape index (κ1) is 16.1. The van der Waals surface area contributed by atoms with Crippen molar-refractivity contribution >= 4 is 5.91 Å². The first-order chi connectivity index (χ1) is 8.29. The molecule has 0 bridgehead atoms. The van der Waals surface area contributed by atoms with E-state index in [1.807, 2.05) is 0 Å². The van der Waals surface area contributed by atoms with Crippen LogP contribution in [-0.2, 0) is 4.79 Å². The molecule has 1 N–H and O–H groups in total. The number of β-amino-alcohol motifs (C(OH)–C–C–N with tert-alkyl or cyclic N) is 1. The Bertz CT molecular complexity index is 342. The lowest BCUT2D eigenvalue weighted by Crippen LogP contribution is -2.68. The van der Waals surface area contributed by atoms with Gasteiger partial charge in [0.1, 0.15) is 5.60 Å². The van der Waals surface area contributed by atoms with Crippen LogP contribution in [-0.4, -0.2) is 47.0 Å². The van der Waals surface area contributed by atoms with E-state index in [0.29, 0.717) is 4.90 Å². The summed E-state index contributed by atoms with van der Waals surface area (Å²) in [5.41, 5.74) is -1.42. The van der Waals surface area contributed by atoms with Gasteiger partial charge < -0.3 is 10.0 Å². The maximum absolute atomic E-state index is 12.3. The van der Waals surface area contributed by atoms with Gasteiger partial charge in [-0.25, -0.2) is 0 Å². The van der Waals surface area contributed by atoms with Crippen LogP contribution in [0.3, 0.4) is 0 Å². The summed E-state index contributed by atoms with van der Waals surface area (Å²) < 4.78 is 73.9. The first-order valence-corrected chi connectivity index (χ1v) is 5.43. The maximum Gasteiger partial charge on any atom is 0.409 e. The van der Waals surface area contributed by atoms with Gasteiger partial charge in [-0.15, -0.1) is 0 Å². The van der Waals surface area contributed by atoms with Gasteiger partial charge in [-0.3, -0.25) is 4.79 Å². The Labute approximate surface area is 105 Å². The molecule has 0 aromatic heterocycles. The zero-order chi connectivity index (χ0) is 15.2. The van der Waals surface area contributed by atoms with E-state index >= 15 is 0 Å². The molecule has 19 heavy (non-hydrogen) atoms. The van der Waals surface area contributed by atoms with Crippen molar-refractivity contribution in [1.29, 1.82) is 0 Å². The van der Waals surface area contributed by atoms with Gasteiger partial charge >= 0.3 is 12.4 Å². The Morgan fingerprint density at radius 2 is 1.47 bits per heavy atom. The number of aliphatic hydroxyl groups is 1. The van der Waals surface area contributed by atoms with E-state index in [9.17, 15) is 36.2 Å². The van der Waals surface area contributed by atoms with Gasteiger partial charge in [0, 0.05) is 0 Å². The summed E-state index contributed by atoms with van der Waals surface area (Å²) in [6, 6.07) is 0. The highest BCUT2D eigenvalue weighted by Crippen LogP contribution is 2.42. The summed E-state index contributed by atoms with van der Waals surface area (Å²) in [5, 5.41) is 9.74. The van der Waals surface area contributed by atoms with Crippen LogP contribution in [0.15, 0.2) is 0 Å². The monoisotopic (exact) mass is 293 g/mol. The van der Waals surface area contributed by atoms with Gasteiger partial charge in [-0.1, -0.05) is 13.8 Å². The Morgan fingerprint density at radius 1 is 1.11 bits per heavy atom. The zero-order valence-corrected chi connectivity index (χ0v) is 10.1. The Morgan fingerprint density at radius 3 is 1.74 bits per heavy atom. The standard InChI is InChI=1S/C10H13F6NO2/c1-5(2)8(19)3-17(4-8)7(18)6(9(11,12)13)10(14,15)16/h5-6,19H,3-4H2,1-2H3. The van der Waals surface area contributed by atoms with Crippen LogP contribution in [0.1, 0.15) is 13.8 Å². The molecule has 9 heteroatoms. The van der Waals surface area contributed by atoms with Crippen LogP contribution in [0.2, 0.25) is 0 Å². The predicted molar refractivity (Wildman–Crippen MR) is 52.0 cm³/mol. The van der Waals surface area contributed by atoms with E-state index in [0.717, 1.165) is 0 Å². The van der Waals surface area contributed by atoms with Crippen molar-refractivity contribution in [2.24, 2.45) is 11.8 Å². The van der Waals surface area contributed by atoms with E-state index in [1.165, 1.54) is 0 Å². The van der Waals surface area contributed by atoms with E-state index in [4.69, 9.17) is 0 Å². The van der Waals surface area contributed by atoms with Gasteiger partial charge in [0.15, 0.2) is 0 Å². The molecule has 1 rings (SSSR count). The maximum atomic E-state index is 12.3. The molecule has 1 amide bonds. The van der Waals surface area contributed by atoms with Gasteiger partial charge in [0.05, 0.1) is 13.1 Å². The highest BCUT2D eigenvalue weighted by Gasteiger charge is 2.64. The van der Waals surface area contributed by atoms with Gasteiger partial charge in [0.2, 0.25) is 11.8 Å². The van der Waals surface area contributed by atoms with Crippen molar-refractivity contribution in [2.75, 3.05) is 13.1 Å². The Balaban J connectivity index is 2.83. The number of alkyl halides is 6. The summed E-state index contributed by atoms with van der Waals surface area (Å²) in [6.45, 7) is 2.08. The highest BCUT2D eigenvalue weighted by molar-refractivity contribution is 5.81. The second kappa shape index (κ2) is 4.53. The fraction of sp³-hybridized carbons (Fsp3) is 0.900. The van der Waals surface area contributed by atoms with Crippen molar-refractivity contribution in [2.45, 2.75) is 31.8 Å². The molecular formula is C10H13F6NO2. The average molecular weight is 293 g/mol. The van der Waals surface area contributed by atoms with Gasteiger partial charge in [-0.2, -0.15) is 26.3 Å². The van der Waals surface area contributed by atoms with E-state index in [2.05, 4.69) is 0 Å². The number of likely N-dealkylation sites (tertiary alicyclic amines) is 1.